The quantitative estimate of drug-likeness (QED) is 0.782. The van der Waals surface area contributed by atoms with E-state index in [0.717, 1.165) is 23.3 Å². The van der Waals surface area contributed by atoms with Gasteiger partial charge in [0.1, 0.15) is 0 Å². The molecule has 0 spiro atoms. The summed E-state index contributed by atoms with van der Waals surface area (Å²) >= 11 is 0. The van der Waals surface area contributed by atoms with Crippen LogP contribution in [0.3, 0.4) is 0 Å². The number of piperidine rings is 1. The zero-order valence-electron chi connectivity index (χ0n) is 14.0. The van der Waals surface area contributed by atoms with E-state index in [-0.39, 0.29) is 0 Å². The summed E-state index contributed by atoms with van der Waals surface area (Å²) in [6, 6.07) is 10.9. The fourth-order valence-electron chi connectivity index (χ4n) is 3.22. The Morgan fingerprint density at radius 3 is 2.71 bits per heavy atom. The molecule has 1 saturated heterocycles. The molecule has 0 radical (unpaired) electrons. The molecule has 24 heavy (non-hydrogen) atoms. The monoisotopic (exact) mass is 322 g/mol. The number of aromatic nitrogens is 2. The van der Waals surface area contributed by atoms with Crippen LogP contribution in [0.25, 0.3) is 11.1 Å². The SMILES string of the molecule is Cc1noc2ncc(NCc3ccc(N4CCCCC4)cc3)cc12. The molecule has 1 aliphatic heterocycles. The molecular formula is C19H22N4O. The van der Waals surface area contributed by atoms with Crippen LogP contribution in [0.5, 0.6) is 0 Å². The molecule has 1 fully saturated rings. The number of anilines is 2. The summed E-state index contributed by atoms with van der Waals surface area (Å²) in [5.74, 6) is 0. The fourth-order valence-corrected chi connectivity index (χ4v) is 3.22. The van der Waals surface area contributed by atoms with E-state index >= 15 is 0 Å². The van der Waals surface area contributed by atoms with Crippen molar-refractivity contribution in [2.24, 2.45) is 0 Å². The molecule has 0 bridgehead atoms. The predicted octanol–water partition coefficient (Wildman–Crippen LogP) is 4.13. The highest BCUT2D eigenvalue weighted by atomic mass is 16.5. The molecule has 0 aliphatic carbocycles. The Bertz CT molecular complexity index is 819. The third-order valence-electron chi connectivity index (χ3n) is 4.66. The lowest BCUT2D eigenvalue weighted by Gasteiger charge is -2.28. The van der Waals surface area contributed by atoms with Crippen molar-refractivity contribution in [1.29, 1.82) is 0 Å². The van der Waals surface area contributed by atoms with Crippen molar-refractivity contribution < 1.29 is 4.52 Å². The first-order valence-corrected chi connectivity index (χ1v) is 8.59. The molecule has 0 unspecified atom stereocenters. The molecule has 5 heteroatoms. The van der Waals surface area contributed by atoms with E-state index in [9.17, 15) is 0 Å². The Balaban J connectivity index is 1.42. The summed E-state index contributed by atoms with van der Waals surface area (Å²) < 4.78 is 5.14. The first-order chi connectivity index (χ1) is 11.8. The lowest BCUT2D eigenvalue weighted by Crippen LogP contribution is -2.29. The molecular weight excluding hydrogens is 300 g/mol. The molecule has 0 amide bonds. The summed E-state index contributed by atoms with van der Waals surface area (Å²) in [6.45, 7) is 5.07. The van der Waals surface area contributed by atoms with Gasteiger partial charge in [0.25, 0.3) is 5.71 Å². The zero-order chi connectivity index (χ0) is 16.4. The second kappa shape index (κ2) is 6.51. The first-order valence-electron chi connectivity index (χ1n) is 8.59. The smallest absolute Gasteiger partial charge is 0.258 e. The maximum absolute atomic E-state index is 5.14. The lowest BCUT2D eigenvalue weighted by molar-refractivity contribution is 0.443. The van der Waals surface area contributed by atoms with Gasteiger partial charge in [-0.3, -0.25) is 0 Å². The largest absolute Gasteiger partial charge is 0.380 e. The summed E-state index contributed by atoms with van der Waals surface area (Å²) in [4.78, 5) is 6.77. The van der Waals surface area contributed by atoms with Crippen LogP contribution in [0.2, 0.25) is 0 Å². The van der Waals surface area contributed by atoms with E-state index in [4.69, 9.17) is 4.52 Å². The zero-order valence-corrected chi connectivity index (χ0v) is 14.0. The van der Waals surface area contributed by atoms with Crippen LogP contribution >= 0.6 is 0 Å². The van der Waals surface area contributed by atoms with E-state index < -0.39 is 0 Å². The van der Waals surface area contributed by atoms with E-state index in [0.29, 0.717) is 5.71 Å². The van der Waals surface area contributed by atoms with Crippen LogP contribution in [-0.2, 0) is 6.54 Å². The number of nitrogens with zero attached hydrogens (tertiary/aromatic N) is 3. The number of rotatable bonds is 4. The summed E-state index contributed by atoms with van der Waals surface area (Å²) in [6.07, 6.45) is 5.76. The number of fused-ring (bicyclic) bond motifs is 1. The second-order valence-electron chi connectivity index (χ2n) is 6.41. The minimum absolute atomic E-state index is 0.587. The van der Waals surface area contributed by atoms with Gasteiger partial charge in [-0.25, -0.2) is 4.98 Å². The van der Waals surface area contributed by atoms with Gasteiger partial charge in [0.05, 0.1) is 23.0 Å². The fraction of sp³-hybridized carbons (Fsp3) is 0.368. The second-order valence-corrected chi connectivity index (χ2v) is 6.41. The summed E-state index contributed by atoms with van der Waals surface area (Å²) in [5, 5.41) is 8.32. The van der Waals surface area contributed by atoms with Gasteiger partial charge in [-0.1, -0.05) is 17.3 Å². The van der Waals surface area contributed by atoms with Gasteiger partial charge >= 0.3 is 0 Å². The molecule has 5 nitrogen and oxygen atoms in total. The van der Waals surface area contributed by atoms with Crippen LogP contribution in [0.15, 0.2) is 41.1 Å². The van der Waals surface area contributed by atoms with Gasteiger partial charge in [-0.15, -0.1) is 0 Å². The van der Waals surface area contributed by atoms with E-state index in [1.807, 2.05) is 13.0 Å². The Labute approximate surface area is 141 Å². The van der Waals surface area contributed by atoms with Crippen molar-refractivity contribution in [3.05, 3.63) is 47.8 Å². The van der Waals surface area contributed by atoms with E-state index in [1.165, 1.54) is 43.6 Å². The summed E-state index contributed by atoms with van der Waals surface area (Å²) in [7, 11) is 0. The van der Waals surface area contributed by atoms with Gasteiger partial charge in [0.2, 0.25) is 0 Å². The number of hydrogen-bond donors (Lipinski definition) is 1. The molecule has 0 atom stereocenters. The number of hydrogen-bond acceptors (Lipinski definition) is 5. The normalized spacial score (nSPS) is 15.0. The Hall–Kier alpha value is -2.56. The minimum Gasteiger partial charge on any atom is -0.380 e. The Morgan fingerprint density at radius 1 is 1.12 bits per heavy atom. The predicted molar refractivity (Wildman–Crippen MR) is 96.4 cm³/mol. The van der Waals surface area contributed by atoms with Crippen molar-refractivity contribution in [2.45, 2.75) is 32.7 Å². The first kappa shape index (κ1) is 15.0. The molecule has 3 heterocycles. The third kappa shape index (κ3) is 3.07. The number of benzene rings is 1. The average molecular weight is 322 g/mol. The maximum atomic E-state index is 5.14. The molecule has 1 aliphatic rings. The summed E-state index contributed by atoms with van der Waals surface area (Å²) in [5.41, 5.74) is 5.03. The molecule has 1 aromatic carbocycles. The molecule has 0 saturated carbocycles. The van der Waals surface area contributed by atoms with Gasteiger partial charge < -0.3 is 14.7 Å². The van der Waals surface area contributed by atoms with Crippen molar-refractivity contribution in [1.82, 2.24) is 10.1 Å². The van der Waals surface area contributed by atoms with Crippen LogP contribution < -0.4 is 10.2 Å². The van der Waals surface area contributed by atoms with Crippen molar-refractivity contribution in [3.63, 3.8) is 0 Å². The van der Waals surface area contributed by atoms with Gasteiger partial charge in [0, 0.05) is 25.3 Å². The van der Waals surface area contributed by atoms with Gasteiger partial charge in [-0.2, -0.15) is 0 Å². The highest BCUT2D eigenvalue weighted by Gasteiger charge is 2.10. The molecule has 4 rings (SSSR count). The maximum Gasteiger partial charge on any atom is 0.258 e. The topological polar surface area (TPSA) is 54.2 Å². The molecule has 3 aromatic rings. The number of aryl methyl sites for hydroxylation is 1. The van der Waals surface area contributed by atoms with E-state index in [1.54, 1.807) is 6.20 Å². The van der Waals surface area contributed by atoms with Crippen LogP contribution in [0, 0.1) is 6.92 Å². The Morgan fingerprint density at radius 2 is 1.92 bits per heavy atom. The van der Waals surface area contributed by atoms with Gasteiger partial charge in [-0.05, 0) is 49.9 Å². The number of nitrogens with one attached hydrogen (secondary N) is 1. The van der Waals surface area contributed by atoms with Crippen LogP contribution in [0.4, 0.5) is 11.4 Å². The molecule has 1 N–H and O–H groups in total. The molecule has 2 aromatic heterocycles. The van der Waals surface area contributed by atoms with Crippen molar-refractivity contribution in [2.75, 3.05) is 23.3 Å². The minimum atomic E-state index is 0.587. The highest BCUT2D eigenvalue weighted by Crippen LogP contribution is 2.22. The lowest BCUT2D eigenvalue weighted by atomic mass is 10.1. The van der Waals surface area contributed by atoms with Crippen molar-refractivity contribution in [3.8, 4) is 0 Å². The van der Waals surface area contributed by atoms with Crippen molar-refractivity contribution >= 4 is 22.5 Å². The van der Waals surface area contributed by atoms with Gasteiger partial charge in [0.15, 0.2) is 0 Å². The third-order valence-corrected chi connectivity index (χ3v) is 4.66. The van der Waals surface area contributed by atoms with Crippen LogP contribution in [0.1, 0.15) is 30.5 Å². The Kier molecular flexibility index (Phi) is 4.07. The standard InChI is InChI=1S/C19H22N4O/c1-14-18-11-16(13-21-19(18)24-22-14)20-12-15-5-7-17(8-6-15)23-9-3-2-4-10-23/h5-8,11,13,20H,2-4,9-10,12H2,1H3. The van der Waals surface area contributed by atoms with E-state index in [2.05, 4.69) is 44.6 Å². The average Bonchev–Trinajstić information content (AvgIpc) is 3.02. The van der Waals surface area contributed by atoms with Crippen LogP contribution in [-0.4, -0.2) is 23.2 Å². The molecule has 124 valence electrons. The number of pyridine rings is 1. The highest BCUT2D eigenvalue weighted by molar-refractivity contribution is 5.79.